The van der Waals surface area contributed by atoms with Crippen molar-refractivity contribution in [1.82, 2.24) is 4.98 Å². The van der Waals surface area contributed by atoms with E-state index < -0.39 is 10.0 Å². The van der Waals surface area contributed by atoms with Crippen LogP contribution in [0.25, 0.3) is 22.0 Å². The number of aromatic amines is 1. The lowest BCUT2D eigenvalue weighted by Gasteiger charge is -2.12. The summed E-state index contributed by atoms with van der Waals surface area (Å²) in [6.07, 6.45) is 1.77. The van der Waals surface area contributed by atoms with Crippen LogP contribution in [0.5, 0.6) is 0 Å². The van der Waals surface area contributed by atoms with Gasteiger partial charge in [0, 0.05) is 17.3 Å². The van der Waals surface area contributed by atoms with Gasteiger partial charge in [-0.05, 0) is 23.6 Å². The third-order valence-corrected chi connectivity index (χ3v) is 4.98. The average Bonchev–Trinajstić information content (AvgIpc) is 2.88. The van der Waals surface area contributed by atoms with E-state index in [1.807, 2.05) is 18.2 Å². The lowest BCUT2D eigenvalue weighted by atomic mass is 10.0. The number of fused-ring (bicyclic) bond motifs is 1. The molecule has 0 aliphatic rings. The first-order valence-electron chi connectivity index (χ1n) is 5.97. The van der Waals surface area contributed by atoms with Gasteiger partial charge in [0.05, 0.1) is 20.5 Å². The lowest BCUT2D eigenvalue weighted by molar-refractivity contribution is 0.598. The Bertz CT molecular complexity index is 949. The zero-order valence-corrected chi connectivity index (χ0v) is 12.9. The second-order valence-corrected chi connectivity index (χ2v) is 6.84. The number of aromatic nitrogens is 1. The SMILES string of the molecule is NS(=O)(=O)c1ccc(Cl)c(Cl)c1-c1cccc2cc[nH]c12. The number of nitrogens with two attached hydrogens (primary N) is 1. The van der Waals surface area contributed by atoms with Crippen molar-refractivity contribution >= 4 is 44.1 Å². The lowest BCUT2D eigenvalue weighted by Crippen LogP contribution is -2.13. The van der Waals surface area contributed by atoms with Crippen molar-refractivity contribution in [3.8, 4) is 11.1 Å². The summed E-state index contributed by atoms with van der Waals surface area (Å²) < 4.78 is 23.7. The Labute approximate surface area is 131 Å². The summed E-state index contributed by atoms with van der Waals surface area (Å²) >= 11 is 12.3. The Morgan fingerprint density at radius 3 is 2.52 bits per heavy atom. The monoisotopic (exact) mass is 340 g/mol. The highest BCUT2D eigenvalue weighted by molar-refractivity contribution is 7.89. The maximum atomic E-state index is 11.8. The third kappa shape index (κ3) is 2.42. The van der Waals surface area contributed by atoms with Crippen LogP contribution in [0.2, 0.25) is 10.0 Å². The van der Waals surface area contributed by atoms with E-state index >= 15 is 0 Å². The Morgan fingerprint density at radius 1 is 1.05 bits per heavy atom. The molecule has 0 radical (unpaired) electrons. The highest BCUT2D eigenvalue weighted by atomic mass is 35.5. The van der Waals surface area contributed by atoms with Crippen molar-refractivity contribution in [3.05, 3.63) is 52.6 Å². The first-order chi connectivity index (χ1) is 9.89. The third-order valence-electron chi connectivity index (χ3n) is 3.22. The molecule has 4 nitrogen and oxygen atoms in total. The summed E-state index contributed by atoms with van der Waals surface area (Å²) in [6, 6.07) is 10.2. The number of benzene rings is 2. The van der Waals surface area contributed by atoms with Crippen LogP contribution < -0.4 is 5.14 Å². The number of sulfonamides is 1. The van der Waals surface area contributed by atoms with Gasteiger partial charge in [0.25, 0.3) is 0 Å². The van der Waals surface area contributed by atoms with E-state index in [1.165, 1.54) is 12.1 Å². The van der Waals surface area contributed by atoms with E-state index in [9.17, 15) is 8.42 Å². The second-order valence-electron chi connectivity index (χ2n) is 4.53. The van der Waals surface area contributed by atoms with Gasteiger partial charge in [-0.1, -0.05) is 41.4 Å². The van der Waals surface area contributed by atoms with Crippen molar-refractivity contribution in [2.75, 3.05) is 0 Å². The van der Waals surface area contributed by atoms with Crippen molar-refractivity contribution < 1.29 is 8.42 Å². The summed E-state index contributed by atoms with van der Waals surface area (Å²) in [5, 5.41) is 6.65. The largest absolute Gasteiger partial charge is 0.361 e. The molecular weight excluding hydrogens is 331 g/mol. The molecule has 0 bridgehead atoms. The number of H-pyrrole nitrogens is 1. The molecule has 1 heterocycles. The van der Waals surface area contributed by atoms with Gasteiger partial charge in [-0.25, -0.2) is 13.6 Å². The molecule has 108 valence electrons. The summed E-state index contributed by atoms with van der Waals surface area (Å²) in [5.74, 6) is 0. The standard InChI is InChI=1S/C14H10Cl2N2O2S/c15-10-4-5-11(21(17,19)20)12(13(10)16)9-3-1-2-8-6-7-18-14(8)9/h1-7,18H,(H2,17,19,20). The molecule has 0 spiro atoms. The fourth-order valence-electron chi connectivity index (χ4n) is 2.31. The molecule has 3 rings (SSSR count). The Morgan fingerprint density at radius 2 is 1.81 bits per heavy atom. The van der Waals surface area contributed by atoms with Gasteiger partial charge in [0.15, 0.2) is 0 Å². The van der Waals surface area contributed by atoms with Crippen LogP contribution in [-0.2, 0) is 10.0 Å². The topological polar surface area (TPSA) is 76.0 Å². The summed E-state index contributed by atoms with van der Waals surface area (Å²) in [5.41, 5.74) is 1.71. The quantitative estimate of drug-likeness (QED) is 0.744. The minimum absolute atomic E-state index is 0.0565. The first kappa shape index (κ1) is 14.4. The fourth-order valence-corrected chi connectivity index (χ4v) is 3.55. The van der Waals surface area contributed by atoms with Crippen LogP contribution in [0.3, 0.4) is 0 Å². The van der Waals surface area contributed by atoms with Gasteiger partial charge < -0.3 is 4.98 Å². The van der Waals surface area contributed by atoms with Gasteiger partial charge in [-0.3, -0.25) is 0 Å². The van der Waals surface area contributed by atoms with Gasteiger partial charge in [-0.2, -0.15) is 0 Å². The van der Waals surface area contributed by atoms with Gasteiger partial charge >= 0.3 is 0 Å². The van der Waals surface area contributed by atoms with Crippen LogP contribution >= 0.6 is 23.2 Å². The van der Waals surface area contributed by atoms with Crippen LogP contribution in [0.1, 0.15) is 0 Å². The molecule has 0 aliphatic carbocycles. The van der Waals surface area contributed by atoms with Crippen LogP contribution in [-0.4, -0.2) is 13.4 Å². The Hall–Kier alpha value is -1.53. The van der Waals surface area contributed by atoms with Crippen molar-refractivity contribution in [2.24, 2.45) is 5.14 Å². The maximum absolute atomic E-state index is 11.8. The molecule has 2 aromatic carbocycles. The van der Waals surface area contributed by atoms with E-state index in [0.717, 1.165) is 10.9 Å². The zero-order valence-electron chi connectivity index (χ0n) is 10.6. The van der Waals surface area contributed by atoms with E-state index in [-0.39, 0.29) is 14.9 Å². The highest BCUT2D eigenvalue weighted by Gasteiger charge is 2.21. The summed E-state index contributed by atoms with van der Waals surface area (Å²) in [7, 11) is -3.93. The molecule has 0 fully saturated rings. The molecule has 0 unspecified atom stereocenters. The fraction of sp³-hybridized carbons (Fsp3) is 0. The average molecular weight is 341 g/mol. The molecule has 0 saturated carbocycles. The van der Waals surface area contributed by atoms with Gasteiger partial charge in [-0.15, -0.1) is 0 Å². The molecule has 21 heavy (non-hydrogen) atoms. The van der Waals surface area contributed by atoms with Crippen molar-refractivity contribution in [2.45, 2.75) is 4.90 Å². The highest BCUT2D eigenvalue weighted by Crippen LogP contribution is 2.40. The predicted molar refractivity (Wildman–Crippen MR) is 85.1 cm³/mol. The smallest absolute Gasteiger partial charge is 0.238 e. The number of hydrogen-bond donors (Lipinski definition) is 2. The number of rotatable bonds is 2. The van der Waals surface area contributed by atoms with Crippen LogP contribution in [0, 0.1) is 0 Å². The number of nitrogens with one attached hydrogen (secondary N) is 1. The first-order valence-corrected chi connectivity index (χ1v) is 8.27. The number of hydrogen-bond acceptors (Lipinski definition) is 2. The van der Waals surface area contributed by atoms with E-state index in [4.69, 9.17) is 28.3 Å². The van der Waals surface area contributed by atoms with Crippen molar-refractivity contribution in [1.29, 1.82) is 0 Å². The van der Waals surface area contributed by atoms with Crippen LogP contribution in [0.4, 0.5) is 0 Å². The molecule has 3 aromatic rings. The van der Waals surface area contributed by atoms with Gasteiger partial charge in [0.1, 0.15) is 0 Å². The number of primary sulfonamides is 1. The minimum atomic E-state index is -3.93. The Balaban J connectivity index is 2.47. The minimum Gasteiger partial charge on any atom is -0.361 e. The summed E-state index contributed by atoms with van der Waals surface area (Å²) in [6.45, 7) is 0. The molecule has 0 amide bonds. The second kappa shape index (κ2) is 5.03. The van der Waals surface area contributed by atoms with Crippen LogP contribution in [0.15, 0.2) is 47.5 Å². The molecule has 1 aromatic heterocycles. The van der Waals surface area contributed by atoms with E-state index in [1.54, 1.807) is 12.3 Å². The number of halogens is 2. The maximum Gasteiger partial charge on any atom is 0.238 e. The normalized spacial score (nSPS) is 12.0. The zero-order chi connectivity index (χ0) is 15.2. The number of para-hydroxylation sites is 1. The molecule has 7 heteroatoms. The molecule has 0 aliphatic heterocycles. The molecular formula is C14H10Cl2N2O2S. The summed E-state index contributed by atoms with van der Waals surface area (Å²) in [4.78, 5) is 3.02. The predicted octanol–water partition coefficient (Wildman–Crippen LogP) is 3.79. The van der Waals surface area contributed by atoms with E-state index in [2.05, 4.69) is 4.98 Å². The molecule has 3 N–H and O–H groups in total. The molecule has 0 atom stereocenters. The van der Waals surface area contributed by atoms with Crippen molar-refractivity contribution in [3.63, 3.8) is 0 Å². The Kier molecular flexibility index (Phi) is 3.45. The van der Waals surface area contributed by atoms with Gasteiger partial charge in [0.2, 0.25) is 10.0 Å². The molecule has 0 saturated heterocycles. The van der Waals surface area contributed by atoms with E-state index in [0.29, 0.717) is 11.1 Å².